The molecule has 1 N–H and O–H groups in total. The molecule has 1 unspecified atom stereocenters. The molecule has 1 atom stereocenters. The largest absolute Gasteiger partial charge is 0.507 e. The second-order valence-corrected chi connectivity index (χ2v) is 6.84. The van der Waals surface area contributed by atoms with Crippen LogP contribution in [0.4, 0.5) is 5.69 Å². The van der Waals surface area contributed by atoms with E-state index in [-0.39, 0.29) is 11.3 Å². The zero-order valence-electron chi connectivity index (χ0n) is 16.5. The highest BCUT2D eigenvalue weighted by Gasteiger charge is 2.46. The van der Waals surface area contributed by atoms with Crippen LogP contribution < -0.4 is 9.64 Å². The molecule has 4 rings (SSSR count). The number of aliphatic hydroxyl groups excluding tert-OH is 1. The van der Waals surface area contributed by atoms with Crippen molar-refractivity contribution in [1.82, 2.24) is 4.98 Å². The third kappa shape index (κ3) is 3.51. The summed E-state index contributed by atoms with van der Waals surface area (Å²) >= 11 is 0. The number of ether oxygens (including phenoxy) is 1. The lowest BCUT2D eigenvalue weighted by atomic mass is 9.95. The maximum absolute atomic E-state index is 13.0. The summed E-state index contributed by atoms with van der Waals surface area (Å²) in [5.74, 6) is -1.22. The van der Waals surface area contributed by atoms with Gasteiger partial charge < -0.3 is 9.84 Å². The summed E-state index contributed by atoms with van der Waals surface area (Å²) in [6, 6.07) is 17.6. The van der Waals surface area contributed by atoms with E-state index >= 15 is 0 Å². The maximum Gasteiger partial charge on any atom is 0.300 e. The van der Waals surface area contributed by atoms with E-state index in [2.05, 4.69) is 4.98 Å². The van der Waals surface area contributed by atoms with Crippen molar-refractivity contribution < 1.29 is 19.4 Å². The van der Waals surface area contributed by atoms with Crippen LogP contribution >= 0.6 is 0 Å². The van der Waals surface area contributed by atoms with E-state index in [9.17, 15) is 14.7 Å². The summed E-state index contributed by atoms with van der Waals surface area (Å²) in [4.78, 5) is 31.3. The molecule has 1 fully saturated rings. The molecule has 2 aromatic carbocycles. The van der Waals surface area contributed by atoms with Crippen molar-refractivity contribution in [2.24, 2.45) is 0 Å². The van der Waals surface area contributed by atoms with Gasteiger partial charge in [-0.25, -0.2) is 0 Å². The monoisotopic (exact) mass is 411 g/mol. The molecule has 7 nitrogen and oxygen atoms in total. The van der Waals surface area contributed by atoms with Gasteiger partial charge in [-0.05, 0) is 54.1 Å². The van der Waals surface area contributed by atoms with Gasteiger partial charge >= 0.3 is 0 Å². The fourth-order valence-corrected chi connectivity index (χ4v) is 3.56. The first-order valence-electron chi connectivity index (χ1n) is 9.40. The summed E-state index contributed by atoms with van der Waals surface area (Å²) in [6.07, 6.45) is 2.99. The summed E-state index contributed by atoms with van der Waals surface area (Å²) in [5.41, 5.74) is 1.85. The number of hydrogen-bond acceptors (Lipinski definition) is 6. The van der Waals surface area contributed by atoms with Crippen LogP contribution in [0.5, 0.6) is 5.75 Å². The Morgan fingerprint density at radius 2 is 1.68 bits per heavy atom. The molecule has 2 heterocycles. The quantitative estimate of drug-likeness (QED) is 0.400. The zero-order chi connectivity index (χ0) is 22.0. The van der Waals surface area contributed by atoms with Crippen molar-refractivity contribution >= 4 is 23.1 Å². The Bertz CT molecular complexity index is 1210. The Labute approximate surface area is 178 Å². The first-order valence-corrected chi connectivity index (χ1v) is 9.40. The normalized spacial score (nSPS) is 17.4. The second-order valence-electron chi connectivity index (χ2n) is 6.84. The third-order valence-corrected chi connectivity index (χ3v) is 5.10. The summed E-state index contributed by atoms with van der Waals surface area (Å²) in [5, 5.41) is 20.0. The van der Waals surface area contributed by atoms with E-state index in [1.807, 2.05) is 6.07 Å². The number of aliphatic hydroxyl groups is 1. The number of nitriles is 1. The molecule has 0 spiro atoms. The van der Waals surface area contributed by atoms with Crippen LogP contribution in [0.2, 0.25) is 0 Å². The molecule has 7 heteroatoms. The van der Waals surface area contributed by atoms with Crippen LogP contribution in [0.25, 0.3) is 5.76 Å². The lowest BCUT2D eigenvalue weighted by Crippen LogP contribution is -2.29. The number of carbonyl (C=O) groups excluding carboxylic acids is 2. The minimum atomic E-state index is -0.855. The molecular formula is C24H17N3O4. The van der Waals surface area contributed by atoms with Crippen LogP contribution in [0.15, 0.2) is 78.6 Å². The van der Waals surface area contributed by atoms with E-state index in [0.717, 1.165) is 0 Å². The number of methoxy groups -OCH3 is 1. The van der Waals surface area contributed by atoms with Gasteiger partial charge in [0, 0.05) is 23.6 Å². The van der Waals surface area contributed by atoms with E-state index in [1.165, 1.54) is 17.3 Å². The molecule has 3 aromatic rings. The van der Waals surface area contributed by atoms with Crippen molar-refractivity contribution in [3.8, 4) is 11.8 Å². The number of ketones is 1. The maximum atomic E-state index is 13.0. The Kier molecular flexibility index (Phi) is 5.21. The Balaban J connectivity index is 1.92. The van der Waals surface area contributed by atoms with Crippen LogP contribution in [-0.2, 0) is 9.59 Å². The second kappa shape index (κ2) is 8.13. The molecule has 1 aromatic heterocycles. The molecule has 0 saturated carbocycles. The Hall–Kier alpha value is -4.44. The minimum Gasteiger partial charge on any atom is -0.507 e. The van der Waals surface area contributed by atoms with Gasteiger partial charge in [0.15, 0.2) is 0 Å². The number of hydrogen-bond donors (Lipinski definition) is 1. The van der Waals surface area contributed by atoms with Crippen LogP contribution in [0.1, 0.15) is 22.7 Å². The molecule has 0 aliphatic carbocycles. The summed E-state index contributed by atoms with van der Waals surface area (Å²) < 4.78 is 5.21. The predicted molar refractivity (Wildman–Crippen MR) is 113 cm³/mol. The average molecular weight is 411 g/mol. The number of amides is 1. The fourth-order valence-electron chi connectivity index (χ4n) is 3.56. The van der Waals surface area contributed by atoms with Crippen molar-refractivity contribution in [2.45, 2.75) is 6.04 Å². The fraction of sp³-hybridized carbons (Fsp3) is 0.0833. The highest BCUT2D eigenvalue weighted by atomic mass is 16.5. The summed E-state index contributed by atoms with van der Waals surface area (Å²) in [6.45, 7) is 0. The SMILES string of the molecule is COc1ccc(C2/C(=C(/O)c3ccncc3)C(=O)C(=O)N2c2ccc(C#N)cc2)cc1. The van der Waals surface area contributed by atoms with E-state index < -0.39 is 17.7 Å². The smallest absolute Gasteiger partial charge is 0.300 e. The number of Topliss-reactive ketones (excluding diaryl/α,β-unsaturated/α-hetero) is 1. The highest BCUT2D eigenvalue weighted by Crippen LogP contribution is 2.42. The lowest BCUT2D eigenvalue weighted by molar-refractivity contribution is -0.132. The van der Waals surface area contributed by atoms with Gasteiger partial charge in [0.2, 0.25) is 0 Å². The van der Waals surface area contributed by atoms with Gasteiger partial charge in [0.05, 0.1) is 30.4 Å². The molecular weight excluding hydrogens is 394 g/mol. The number of carbonyl (C=O) groups is 2. The van der Waals surface area contributed by atoms with Gasteiger partial charge in [-0.3, -0.25) is 19.5 Å². The van der Waals surface area contributed by atoms with Gasteiger partial charge in [0.1, 0.15) is 11.5 Å². The first-order chi connectivity index (χ1) is 15.0. The predicted octanol–water partition coefficient (Wildman–Crippen LogP) is 3.59. The van der Waals surface area contributed by atoms with E-state index in [1.54, 1.807) is 67.8 Å². The topological polar surface area (TPSA) is 104 Å². The number of anilines is 1. The van der Waals surface area contributed by atoms with Crippen LogP contribution in [0, 0.1) is 11.3 Å². The molecule has 31 heavy (non-hydrogen) atoms. The first kappa shape index (κ1) is 19.9. The van der Waals surface area contributed by atoms with Crippen molar-refractivity contribution in [1.29, 1.82) is 5.26 Å². The van der Waals surface area contributed by atoms with Crippen molar-refractivity contribution in [3.63, 3.8) is 0 Å². The van der Waals surface area contributed by atoms with Gasteiger partial charge in [-0.1, -0.05) is 12.1 Å². The molecule has 1 aliphatic heterocycles. The lowest BCUT2D eigenvalue weighted by Gasteiger charge is -2.25. The molecule has 1 aliphatic rings. The Morgan fingerprint density at radius 1 is 1.03 bits per heavy atom. The number of rotatable bonds is 4. The van der Waals surface area contributed by atoms with Crippen molar-refractivity contribution in [2.75, 3.05) is 12.0 Å². The number of nitrogens with zero attached hydrogens (tertiary/aromatic N) is 3. The van der Waals surface area contributed by atoms with Crippen molar-refractivity contribution in [3.05, 3.63) is 95.3 Å². The number of aromatic nitrogens is 1. The minimum absolute atomic E-state index is 0.0225. The molecule has 152 valence electrons. The standard InChI is InChI=1S/C24H17N3O4/c1-31-19-8-4-16(5-9-19)21-20(22(28)17-10-12-26-13-11-17)23(29)24(30)27(21)18-6-2-15(14-25)3-7-18/h2-13,21,28H,1H3/b22-20-. The van der Waals surface area contributed by atoms with Gasteiger partial charge in [0.25, 0.3) is 11.7 Å². The van der Waals surface area contributed by atoms with Gasteiger partial charge in [-0.2, -0.15) is 5.26 Å². The average Bonchev–Trinajstić information content (AvgIpc) is 3.09. The number of pyridine rings is 1. The molecule has 0 radical (unpaired) electrons. The molecule has 1 amide bonds. The summed E-state index contributed by atoms with van der Waals surface area (Å²) in [7, 11) is 1.54. The van der Waals surface area contributed by atoms with E-state index in [4.69, 9.17) is 10.00 Å². The van der Waals surface area contributed by atoms with E-state index in [0.29, 0.717) is 28.1 Å². The Morgan fingerprint density at radius 3 is 2.26 bits per heavy atom. The molecule has 0 bridgehead atoms. The zero-order valence-corrected chi connectivity index (χ0v) is 16.5. The molecule has 1 saturated heterocycles. The van der Waals surface area contributed by atoms with Gasteiger partial charge in [-0.15, -0.1) is 0 Å². The van der Waals surface area contributed by atoms with Crippen LogP contribution in [-0.4, -0.2) is 28.9 Å². The number of benzene rings is 2. The highest BCUT2D eigenvalue weighted by molar-refractivity contribution is 6.51. The third-order valence-electron chi connectivity index (χ3n) is 5.10. The van der Waals surface area contributed by atoms with Crippen LogP contribution in [0.3, 0.4) is 0 Å².